The largest absolute Gasteiger partial charge is 0.490 e. The first-order valence-electron chi connectivity index (χ1n) is 12.5. The quantitative estimate of drug-likeness (QED) is 0.299. The summed E-state index contributed by atoms with van der Waals surface area (Å²) in [5.74, 6) is 0.987. The molecule has 36 heavy (non-hydrogen) atoms. The molecule has 5 nitrogen and oxygen atoms in total. The van der Waals surface area contributed by atoms with Crippen LogP contribution in [-0.2, 0) is 13.1 Å². The summed E-state index contributed by atoms with van der Waals surface area (Å²) in [6.07, 6.45) is 5.27. The summed E-state index contributed by atoms with van der Waals surface area (Å²) in [7, 11) is 2.10. The highest BCUT2D eigenvalue weighted by atomic mass is 16.5. The second-order valence-electron chi connectivity index (χ2n) is 9.50. The first-order chi connectivity index (χ1) is 17.6. The van der Waals surface area contributed by atoms with Crippen LogP contribution in [0.25, 0.3) is 11.1 Å². The number of nitrogens with zero attached hydrogens (tertiary/aromatic N) is 2. The maximum absolute atomic E-state index is 13.0. The molecule has 1 fully saturated rings. The molecule has 1 amide bonds. The Morgan fingerprint density at radius 1 is 0.889 bits per heavy atom. The van der Waals surface area contributed by atoms with Crippen LogP contribution in [0.4, 0.5) is 0 Å². The highest BCUT2D eigenvalue weighted by Gasteiger charge is 2.25. The van der Waals surface area contributed by atoms with Crippen molar-refractivity contribution in [2.75, 3.05) is 20.1 Å². The lowest BCUT2D eigenvalue weighted by Crippen LogP contribution is -2.41. The van der Waals surface area contributed by atoms with Gasteiger partial charge in [-0.1, -0.05) is 54.6 Å². The van der Waals surface area contributed by atoms with Gasteiger partial charge in [0.1, 0.15) is 11.9 Å². The zero-order chi connectivity index (χ0) is 24.7. The molecule has 3 aromatic carbocycles. The Balaban J connectivity index is 1.12. The van der Waals surface area contributed by atoms with E-state index in [-0.39, 0.29) is 12.0 Å². The summed E-state index contributed by atoms with van der Waals surface area (Å²) in [6.45, 7) is 3.08. The number of hydrogen-bond donors (Lipinski definition) is 0. The Bertz CT molecular complexity index is 1240. The number of amides is 1. The van der Waals surface area contributed by atoms with Crippen molar-refractivity contribution in [2.24, 2.45) is 0 Å². The fourth-order valence-corrected chi connectivity index (χ4v) is 4.77. The normalized spacial score (nSPS) is 14.2. The van der Waals surface area contributed by atoms with E-state index in [1.807, 2.05) is 65.6 Å². The molecule has 0 bridgehead atoms. The fraction of sp³-hybridized carbons (Fsp3) is 0.258. The van der Waals surface area contributed by atoms with Gasteiger partial charge in [-0.3, -0.25) is 9.69 Å². The van der Waals surface area contributed by atoms with Gasteiger partial charge in [-0.25, -0.2) is 0 Å². The Hall–Kier alpha value is -3.83. The van der Waals surface area contributed by atoms with E-state index < -0.39 is 0 Å². The minimum atomic E-state index is 0.0933. The van der Waals surface area contributed by atoms with Crippen LogP contribution in [0, 0.1) is 0 Å². The third-order valence-electron chi connectivity index (χ3n) is 6.65. The molecule has 0 radical (unpaired) electrons. The van der Waals surface area contributed by atoms with E-state index in [1.165, 1.54) is 11.1 Å². The molecule has 4 aromatic rings. The van der Waals surface area contributed by atoms with Gasteiger partial charge in [0, 0.05) is 50.1 Å². The highest BCUT2D eigenvalue weighted by Crippen LogP contribution is 2.23. The van der Waals surface area contributed by atoms with Gasteiger partial charge in [0.15, 0.2) is 0 Å². The summed E-state index contributed by atoms with van der Waals surface area (Å²) in [4.78, 5) is 17.2. The van der Waals surface area contributed by atoms with Crippen LogP contribution in [0.3, 0.4) is 0 Å². The van der Waals surface area contributed by atoms with Crippen LogP contribution in [0.2, 0.25) is 0 Å². The number of piperidine rings is 1. The van der Waals surface area contributed by atoms with Gasteiger partial charge >= 0.3 is 0 Å². The molecule has 184 valence electrons. The Kier molecular flexibility index (Phi) is 7.48. The molecule has 0 atom stereocenters. The summed E-state index contributed by atoms with van der Waals surface area (Å²) in [5.41, 5.74) is 5.39. The van der Waals surface area contributed by atoms with Gasteiger partial charge in [0.2, 0.25) is 0 Å². The van der Waals surface area contributed by atoms with Gasteiger partial charge in [0.05, 0.1) is 12.5 Å². The standard InChI is InChI=1S/C31H32N2O3/c1-32(22-25-16-19-35-23-25)21-24-6-5-9-30(20-24)36-29-14-17-33(18-15-29)31(34)28-12-10-27(11-13-28)26-7-3-2-4-8-26/h2-13,16,19-20,23,29H,14-15,17-18,21-22H2,1H3. The van der Waals surface area contributed by atoms with E-state index in [4.69, 9.17) is 9.15 Å². The lowest BCUT2D eigenvalue weighted by Gasteiger charge is -2.32. The lowest BCUT2D eigenvalue weighted by atomic mass is 10.0. The van der Waals surface area contributed by atoms with Crippen molar-refractivity contribution >= 4 is 5.91 Å². The zero-order valence-corrected chi connectivity index (χ0v) is 20.7. The van der Waals surface area contributed by atoms with Gasteiger partial charge in [-0.15, -0.1) is 0 Å². The summed E-state index contributed by atoms with van der Waals surface area (Å²) in [6, 6.07) is 28.5. The Morgan fingerprint density at radius 2 is 1.61 bits per heavy atom. The van der Waals surface area contributed by atoms with Crippen molar-refractivity contribution in [3.05, 3.63) is 114 Å². The van der Waals surface area contributed by atoms with Crippen molar-refractivity contribution in [2.45, 2.75) is 32.0 Å². The molecule has 0 N–H and O–H groups in total. The van der Waals surface area contributed by atoms with Crippen LogP contribution in [-0.4, -0.2) is 41.9 Å². The number of hydrogen-bond acceptors (Lipinski definition) is 4. The van der Waals surface area contributed by atoms with Crippen molar-refractivity contribution in [3.63, 3.8) is 0 Å². The van der Waals surface area contributed by atoms with Crippen molar-refractivity contribution < 1.29 is 13.9 Å². The van der Waals surface area contributed by atoms with Crippen LogP contribution in [0.5, 0.6) is 5.75 Å². The number of likely N-dealkylation sites (tertiary alicyclic amines) is 1. The predicted octanol–water partition coefficient (Wildman–Crippen LogP) is 6.26. The number of carbonyl (C=O) groups excluding carboxylic acids is 1. The smallest absolute Gasteiger partial charge is 0.253 e. The Labute approximate surface area is 212 Å². The molecule has 0 aliphatic carbocycles. The number of rotatable bonds is 8. The predicted molar refractivity (Wildman–Crippen MR) is 142 cm³/mol. The average molecular weight is 481 g/mol. The van der Waals surface area contributed by atoms with Crippen LogP contribution in [0.1, 0.15) is 34.3 Å². The van der Waals surface area contributed by atoms with Gasteiger partial charge in [-0.05, 0) is 54.1 Å². The molecule has 0 saturated carbocycles. The third kappa shape index (κ3) is 6.04. The molecule has 0 unspecified atom stereocenters. The van der Waals surface area contributed by atoms with E-state index >= 15 is 0 Å². The second kappa shape index (κ2) is 11.3. The van der Waals surface area contributed by atoms with E-state index in [1.54, 1.807) is 12.5 Å². The number of carbonyl (C=O) groups is 1. The number of benzene rings is 3. The maximum atomic E-state index is 13.0. The maximum Gasteiger partial charge on any atom is 0.253 e. The second-order valence-corrected chi connectivity index (χ2v) is 9.50. The molecule has 0 spiro atoms. The molecule has 5 rings (SSSR count). The molecule has 5 heteroatoms. The van der Waals surface area contributed by atoms with Crippen LogP contribution in [0.15, 0.2) is 102 Å². The van der Waals surface area contributed by atoms with Crippen molar-refractivity contribution in [3.8, 4) is 16.9 Å². The fourth-order valence-electron chi connectivity index (χ4n) is 4.77. The highest BCUT2D eigenvalue weighted by molar-refractivity contribution is 5.94. The summed E-state index contributed by atoms with van der Waals surface area (Å²) in [5, 5.41) is 0. The Morgan fingerprint density at radius 3 is 2.33 bits per heavy atom. The lowest BCUT2D eigenvalue weighted by molar-refractivity contribution is 0.0595. The first-order valence-corrected chi connectivity index (χ1v) is 12.5. The van der Waals surface area contributed by atoms with Crippen LogP contribution < -0.4 is 4.74 Å². The molecule has 1 saturated heterocycles. The van der Waals surface area contributed by atoms with Gasteiger partial charge in [0.25, 0.3) is 5.91 Å². The number of ether oxygens (including phenoxy) is 1. The molecular weight excluding hydrogens is 448 g/mol. The topological polar surface area (TPSA) is 45.9 Å². The molecule has 2 heterocycles. The van der Waals surface area contributed by atoms with E-state index in [9.17, 15) is 4.79 Å². The third-order valence-corrected chi connectivity index (χ3v) is 6.65. The minimum Gasteiger partial charge on any atom is -0.490 e. The van der Waals surface area contributed by atoms with Gasteiger partial charge in [-0.2, -0.15) is 0 Å². The molecule has 1 aliphatic rings. The summed E-state index contributed by atoms with van der Waals surface area (Å²) < 4.78 is 11.5. The first kappa shape index (κ1) is 23.9. The molecule has 1 aromatic heterocycles. The van der Waals surface area contributed by atoms with E-state index in [2.05, 4.69) is 36.2 Å². The summed E-state index contributed by atoms with van der Waals surface area (Å²) >= 11 is 0. The SMILES string of the molecule is CN(Cc1ccoc1)Cc1cccc(OC2CCN(C(=O)c3ccc(-c4ccccc4)cc3)CC2)c1. The van der Waals surface area contributed by atoms with Gasteiger partial charge < -0.3 is 14.1 Å². The average Bonchev–Trinajstić information content (AvgIpc) is 3.42. The number of furan rings is 1. The monoisotopic (exact) mass is 480 g/mol. The van der Waals surface area contributed by atoms with Crippen molar-refractivity contribution in [1.82, 2.24) is 9.80 Å². The minimum absolute atomic E-state index is 0.0933. The van der Waals surface area contributed by atoms with Crippen LogP contribution >= 0.6 is 0 Å². The molecule has 1 aliphatic heterocycles. The van der Waals surface area contributed by atoms with E-state index in [0.29, 0.717) is 13.1 Å². The van der Waals surface area contributed by atoms with E-state index in [0.717, 1.165) is 48.4 Å². The molecular formula is C31H32N2O3. The van der Waals surface area contributed by atoms with Crippen molar-refractivity contribution in [1.29, 1.82) is 0 Å². The zero-order valence-electron chi connectivity index (χ0n) is 20.7.